The summed E-state index contributed by atoms with van der Waals surface area (Å²) in [4.78, 5) is 10.6. The maximum Gasteiger partial charge on any atom is 0.149 e. The molecule has 0 bridgehead atoms. The quantitative estimate of drug-likeness (QED) is 0.844. The van der Waals surface area contributed by atoms with Crippen LogP contribution in [0.1, 0.15) is 12.8 Å². The van der Waals surface area contributed by atoms with Crippen LogP contribution in [0.4, 0.5) is 5.82 Å². The number of anilines is 1. The van der Waals surface area contributed by atoms with Crippen LogP contribution in [-0.2, 0) is 0 Å². The minimum Gasteiger partial charge on any atom is -0.351 e. The van der Waals surface area contributed by atoms with E-state index in [1.54, 1.807) is 12.4 Å². The van der Waals surface area contributed by atoms with Crippen LogP contribution in [0.3, 0.4) is 0 Å². The van der Waals surface area contributed by atoms with Crippen molar-refractivity contribution in [3.05, 3.63) is 17.5 Å². The molecule has 0 amide bonds. The number of likely N-dealkylation sites (N-methyl/N-ethyl adjacent to an activating group) is 1. The third kappa shape index (κ3) is 2.38. The summed E-state index contributed by atoms with van der Waals surface area (Å²) in [5, 5.41) is 3.66. The zero-order valence-corrected chi connectivity index (χ0v) is 9.54. The zero-order chi connectivity index (χ0) is 10.7. The predicted octanol–water partition coefficient (Wildman–Crippen LogP) is 1.32. The standard InChI is InChI=1S/C10H15ClN4/c1-12-5-8-3-2-4-15(8)10-7-13-6-9(11)14-10/h6-8,12H,2-5H2,1H3. The Bertz CT molecular complexity index is 331. The minimum atomic E-state index is 0.461. The minimum absolute atomic E-state index is 0.461. The van der Waals surface area contributed by atoms with Gasteiger partial charge in [0.1, 0.15) is 11.0 Å². The number of aromatic nitrogens is 2. The van der Waals surface area contributed by atoms with E-state index in [0.29, 0.717) is 11.2 Å². The molecule has 1 aliphatic rings. The van der Waals surface area contributed by atoms with Crippen LogP contribution >= 0.6 is 11.6 Å². The van der Waals surface area contributed by atoms with Gasteiger partial charge in [0.05, 0.1) is 12.4 Å². The monoisotopic (exact) mass is 226 g/mol. The summed E-state index contributed by atoms with van der Waals surface area (Å²) < 4.78 is 0. The molecule has 5 heteroatoms. The number of nitrogens with one attached hydrogen (secondary N) is 1. The van der Waals surface area contributed by atoms with Crippen LogP contribution in [0.5, 0.6) is 0 Å². The number of hydrogen-bond donors (Lipinski definition) is 1. The Balaban J connectivity index is 2.15. The Hall–Kier alpha value is -0.870. The first-order valence-electron chi connectivity index (χ1n) is 5.20. The van der Waals surface area contributed by atoms with Gasteiger partial charge in [-0.25, -0.2) is 4.98 Å². The molecule has 2 heterocycles. The maximum absolute atomic E-state index is 5.83. The molecule has 0 spiro atoms. The van der Waals surface area contributed by atoms with Gasteiger partial charge in [-0.05, 0) is 19.9 Å². The lowest BCUT2D eigenvalue weighted by Gasteiger charge is -2.25. The Labute approximate surface area is 94.7 Å². The van der Waals surface area contributed by atoms with Gasteiger partial charge in [0.15, 0.2) is 0 Å². The first kappa shape index (κ1) is 10.6. The van der Waals surface area contributed by atoms with Crippen LogP contribution in [0, 0.1) is 0 Å². The normalized spacial score (nSPS) is 20.9. The molecule has 0 radical (unpaired) electrons. The predicted molar refractivity (Wildman–Crippen MR) is 61.3 cm³/mol. The van der Waals surface area contributed by atoms with Gasteiger partial charge in [0, 0.05) is 19.1 Å². The van der Waals surface area contributed by atoms with E-state index in [1.165, 1.54) is 12.8 Å². The second-order valence-electron chi connectivity index (χ2n) is 3.75. The first-order chi connectivity index (χ1) is 7.31. The molecule has 15 heavy (non-hydrogen) atoms. The Morgan fingerprint density at radius 1 is 1.60 bits per heavy atom. The molecule has 82 valence electrons. The fraction of sp³-hybridized carbons (Fsp3) is 0.600. The van der Waals surface area contributed by atoms with Crippen molar-refractivity contribution >= 4 is 17.4 Å². The van der Waals surface area contributed by atoms with E-state index in [-0.39, 0.29) is 0 Å². The molecule has 1 saturated heterocycles. The summed E-state index contributed by atoms with van der Waals surface area (Å²) in [5.74, 6) is 0.889. The molecular formula is C10H15ClN4. The maximum atomic E-state index is 5.83. The highest BCUT2D eigenvalue weighted by atomic mass is 35.5. The van der Waals surface area contributed by atoms with E-state index in [4.69, 9.17) is 11.6 Å². The smallest absolute Gasteiger partial charge is 0.149 e. The average molecular weight is 227 g/mol. The Morgan fingerprint density at radius 2 is 2.47 bits per heavy atom. The highest BCUT2D eigenvalue weighted by Crippen LogP contribution is 2.23. The summed E-state index contributed by atoms with van der Waals surface area (Å²) >= 11 is 5.83. The van der Waals surface area contributed by atoms with Crippen molar-refractivity contribution in [1.82, 2.24) is 15.3 Å². The molecule has 1 aromatic rings. The van der Waals surface area contributed by atoms with E-state index >= 15 is 0 Å². The van der Waals surface area contributed by atoms with Gasteiger partial charge in [-0.2, -0.15) is 0 Å². The van der Waals surface area contributed by atoms with Gasteiger partial charge in [-0.1, -0.05) is 11.6 Å². The van der Waals surface area contributed by atoms with Gasteiger partial charge in [-0.3, -0.25) is 4.98 Å². The number of nitrogens with zero attached hydrogens (tertiary/aromatic N) is 3. The second-order valence-corrected chi connectivity index (χ2v) is 4.13. The fourth-order valence-corrected chi connectivity index (χ4v) is 2.20. The first-order valence-corrected chi connectivity index (χ1v) is 5.58. The summed E-state index contributed by atoms with van der Waals surface area (Å²) in [5.41, 5.74) is 0. The number of rotatable bonds is 3. The lowest BCUT2D eigenvalue weighted by atomic mass is 10.2. The van der Waals surface area contributed by atoms with Crippen LogP contribution in [0.25, 0.3) is 0 Å². The molecule has 1 atom stereocenters. The molecule has 0 aliphatic carbocycles. The van der Waals surface area contributed by atoms with Gasteiger partial charge in [-0.15, -0.1) is 0 Å². The third-order valence-electron chi connectivity index (χ3n) is 2.70. The number of halogens is 1. The van der Waals surface area contributed by atoms with Gasteiger partial charge in [0.25, 0.3) is 0 Å². The fourth-order valence-electron chi connectivity index (χ4n) is 2.06. The van der Waals surface area contributed by atoms with Crippen molar-refractivity contribution in [3.8, 4) is 0 Å². The van der Waals surface area contributed by atoms with Crippen LogP contribution < -0.4 is 10.2 Å². The van der Waals surface area contributed by atoms with Crippen molar-refractivity contribution in [2.45, 2.75) is 18.9 Å². The van der Waals surface area contributed by atoms with Gasteiger partial charge in [0.2, 0.25) is 0 Å². The van der Waals surface area contributed by atoms with Crippen LogP contribution in [0.15, 0.2) is 12.4 Å². The highest BCUT2D eigenvalue weighted by Gasteiger charge is 2.25. The third-order valence-corrected chi connectivity index (χ3v) is 2.89. The van der Waals surface area contributed by atoms with Crippen molar-refractivity contribution in [1.29, 1.82) is 0 Å². The van der Waals surface area contributed by atoms with E-state index in [9.17, 15) is 0 Å². The summed E-state index contributed by atoms with van der Waals surface area (Å²) in [7, 11) is 1.97. The molecule has 1 aromatic heterocycles. The van der Waals surface area contributed by atoms with Crippen LogP contribution in [0.2, 0.25) is 5.15 Å². The zero-order valence-electron chi connectivity index (χ0n) is 8.78. The molecular weight excluding hydrogens is 212 g/mol. The van der Waals surface area contributed by atoms with E-state index in [0.717, 1.165) is 18.9 Å². The lowest BCUT2D eigenvalue weighted by Crippen LogP contribution is -2.37. The molecule has 0 aromatic carbocycles. The van der Waals surface area contributed by atoms with E-state index in [2.05, 4.69) is 20.2 Å². The van der Waals surface area contributed by atoms with Gasteiger partial charge >= 0.3 is 0 Å². The van der Waals surface area contributed by atoms with Crippen molar-refractivity contribution in [2.75, 3.05) is 25.0 Å². The average Bonchev–Trinajstić information content (AvgIpc) is 2.66. The van der Waals surface area contributed by atoms with E-state index in [1.807, 2.05) is 7.05 Å². The van der Waals surface area contributed by atoms with Gasteiger partial charge < -0.3 is 10.2 Å². The van der Waals surface area contributed by atoms with E-state index < -0.39 is 0 Å². The summed E-state index contributed by atoms with van der Waals surface area (Å²) in [6.07, 6.45) is 5.75. The number of hydrogen-bond acceptors (Lipinski definition) is 4. The Morgan fingerprint density at radius 3 is 3.20 bits per heavy atom. The van der Waals surface area contributed by atoms with Crippen molar-refractivity contribution < 1.29 is 0 Å². The Kier molecular flexibility index (Phi) is 3.38. The largest absolute Gasteiger partial charge is 0.351 e. The molecule has 1 aliphatic heterocycles. The van der Waals surface area contributed by atoms with Crippen molar-refractivity contribution in [2.24, 2.45) is 0 Å². The second kappa shape index (κ2) is 4.77. The highest BCUT2D eigenvalue weighted by molar-refractivity contribution is 6.29. The molecule has 2 rings (SSSR count). The molecule has 1 fully saturated rings. The molecule has 1 N–H and O–H groups in total. The van der Waals surface area contributed by atoms with Crippen LogP contribution in [-0.4, -0.2) is 36.1 Å². The lowest BCUT2D eigenvalue weighted by molar-refractivity contribution is 0.611. The topological polar surface area (TPSA) is 41.0 Å². The summed E-state index contributed by atoms with van der Waals surface area (Å²) in [6, 6.07) is 0.516. The molecule has 4 nitrogen and oxygen atoms in total. The molecule has 1 unspecified atom stereocenters. The SMILES string of the molecule is CNCC1CCCN1c1cncc(Cl)n1. The molecule has 0 saturated carbocycles. The summed E-state index contributed by atoms with van der Waals surface area (Å²) in [6.45, 7) is 2.02. The van der Waals surface area contributed by atoms with Crippen molar-refractivity contribution in [3.63, 3.8) is 0 Å².